The van der Waals surface area contributed by atoms with Crippen molar-refractivity contribution >= 4 is 65.0 Å². The van der Waals surface area contributed by atoms with Gasteiger partial charge in [-0.1, -0.05) is 140 Å². The Balaban J connectivity index is 1.27. The molecule has 10 rings (SSSR count). The van der Waals surface area contributed by atoms with E-state index in [2.05, 4.69) is 170 Å². The van der Waals surface area contributed by atoms with E-state index in [9.17, 15) is 0 Å². The highest BCUT2D eigenvalue weighted by molar-refractivity contribution is 6.23. The topological polar surface area (TPSA) is 13.1 Å². The summed E-state index contributed by atoms with van der Waals surface area (Å²) in [5.74, 6) is 0. The minimum Gasteiger partial charge on any atom is -0.455 e. The average molecular weight is 597 g/mol. The molecule has 0 radical (unpaired) electrons. The first-order valence-corrected chi connectivity index (χ1v) is 16.2. The zero-order valence-electron chi connectivity index (χ0n) is 25.6. The molecule has 0 aliphatic carbocycles. The van der Waals surface area contributed by atoms with Gasteiger partial charge in [0, 0.05) is 16.2 Å². The number of rotatable bonds is 3. The molecule has 0 fully saturated rings. The third kappa shape index (κ3) is 3.97. The number of benzene rings is 9. The Hall–Kier alpha value is -6.18. The van der Waals surface area contributed by atoms with Crippen LogP contribution in [0.1, 0.15) is 0 Å². The van der Waals surface area contributed by atoms with Crippen molar-refractivity contribution in [3.63, 3.8) is 0 Å². The highest BCUT2D eigenvalue weighted by Crippen LogP contribution is 2.46. The summed E-state index contributed by atoms with van der Waals surface area (Å²) in [5.41, 5.74) is 9.21. The Morgan fingerprint density at radius 2 is 0.851 bits per heavy atom. The fourth-order valence-corrected chi connectivity index (χ4v) is 7.72. The summed E-state index contributed by atoms with van der Waals surface area (Å²) in [6.45, 7) is 0. The van der Waals surface area contributed by atoms with Gasteiger partial charge < -0.3 is 4.42 Å². The molecular weight excluding hydrogens is 569 g/mol. The highest BCUT2D eigenvalue weighted by Gasteiger charge is 2.19. The summed E-state index contributed by atoms with van der Waals surface area (Å²) >= 11 is 0. The molecule has 0 bridgehead atoms. The van der Waals surface area contributed by atoms with Crippen LogP contribution in [-0.2, 0) is 0 Å². The number of fused-ring (bicyclic) bond motifs is 8. The van der Waals surface area contributed by atoms with Crippen molar-refractivity contribution in [2.45, 2.75) is 0 Å². The van der Waals surface area contributed by atoms with Crippen molar-refractivity contribution in [1.82, 2.24) is 0 Å². The fourth-order valence-electron chi connectivity index (χ4n) is 7.72. The monoisotopic (exact) mass is 596 g/mol. The van der Waals surface area contributed by atoms with Crippen molar-refractivity contribution < 1.29 is 4.42 Å². The summed E-state index contributed by atoms with van der Waals surface area (Å²) in [6.07, 6.45) is 0. The van der Waals surface area contributed by atoms with Gasteiger partial charge in [-0.3, -0.25) is 0 Å². The van der Waals surface area contributed by atoms with Crippen molar-refractivity contribution in [2.75, 3.05) is 0 Å². The molecule has 0 saturated heterocycles. The normalized spacial score (nSPS) is 11.8. The lowest BCUT2D eigenvalue weighted by Crippen LogP contribution is -1.92. The molecule has 0 aliphatic heterocycles. The molecule has 0 atom stereocenters. The third-order valence-corrected chi connectivity index (χ3v) is 9.82. The van der Waals surface area contributed by atoms with Gasteiger partial charge in [-0.15, -0.1) is 0 Å². The second-order valence-electron chi connectivity index (χ2n) is 12.4. The largest absolute Gasteiger partial charge is 0.455 e. The van der Waals surface area contributed by atoms with Gasteiger partial charge in [0.1, 0.15) is 11.2 Å². The van der Waals surface area contributed by atoms with Crippen LogP contribution < -0.4 is 0 Å². The molecule has 218 valence electrons. The summed E-state index contributed by atoms with van der Waals surface area (Å²) in [4.78, 5) is 0. The van der Waals surface area contributed by atoms with E-state index in [0.29, 0.717) is 0 Å². The van der Waals surface area contributed by atoms with Crippen LogP contribution in [0.4, 0.5) is 0 Å². The average Bonchev–Trinajstić information content (AvgIpc) is 3.52. The van der Waals surface area contributed by atoms with Gasteiger partial charge in [0.2, 0.25) is 0 Å². The van der Waals surface area contributed by atoms with Gasteiger partial charge in [0.05, 0.1) is 0 Å². The van der Waals surface area contributed by atoms with Crippen LogP contribution in [0.2, 0.25) is 0 Å². The van der Waals surface area contributed by atoms with Gasteiger partial charge >= 0.3 is 0 Å². The van der Waals surface area contributed by atoms with Crippen LogP contribution in [0.5, 0.6) is 0 Å². The molecule has 0 aliphatic rings. The quantitative estimate of drug-likeness (QED) is 0.185. The lowest BCUT2D eigenvalue weighted by atomic mass is 9.84. The molecule has 10 aromatic rings. The SMILES string of the molecule is c1ccc(-c2cc(-c3c4ccccc4c(-c4ccc5c(c4)oc4c6ccccc6ccc54)c4ccccc34)cc3ccccc23)cc1. The Morgan fingerprint density at radius 1 is 0.298 bits per heavy atom. The first-order chi connectivity index (χ1) is 23.3. The van der Waals surface area contributed by atoms with Crippen molar-refractivity contribution in [2.24, 2.45) is 0 Å². The lowest BCUT2D eigenvalue weighted by molar-refractivity contribution is 0.673. The molecule has 1 nitrogen and oxygen atoms in total. The highest BCUT2D eigenvalue weighted by atomic mass is 16.3. The van der Waals surface area contributed by atoms with E-state index < -0.39 is 0 Å². The van der Waals surface area contributed by atoms with E-state index in [4.69, 9.17) is 4.42 Å². The Morgan fingerprint density at radius 3 is 1.55 bits per heavy atom. The van der Waals surface area contributed by atoms with Crippen LogP contribution in [0.25, 0.3) is 98.4 Å². The number of furan rings is 1. The van der Waals surface area contributed by atoms with Gasteiger partial charge in [0.15, 0.2) is 0 Å². The van der Waals surface area contributed by atoms with Crippen LogP contribution in [-0.4, -0.2) is 0 Å². The molecule has 0 saturated carbocycles. The first-order valence-electron chi connectivity index (χ1n) is 16.2. The first kappa shape index (κ1) is 26.1. The molecular formula is C46H28O. The van der Waals surface area contributed by atoms with E-state index in [1.807, 2.05) is 0 Å². The zero-order chi connectivity index (χ0) is 30.9. The van der Waals surface area contributed by atoms with Crippen molar-refractivity contribution in [1.29, 1.82) is 0 Å². The van der Waals surface area contributed by atoms with E-state index >= 15 is 0 Å². The fraction of sp³-hybridized carbons (Fsp3) is 0. The Bertz CT molecular complexity index is 2780. The van der Waals surface area contributed by atoms with Gasteiger partial charge in [-0.25, -0.2) is 0 Å². The maximum Gasteiger partial charge on any atom is 0.143 e. The summed E-state index contributed by atoms with van der Waals surface area (Å²) in [5, 5.41) is 12.1. The molecule has 47 heavy (non-hydrogen) atoms. The second-order valence-corrected chi connectivity index (χ2v) is 12.4. The zero-order valence-corrected chi connectivity index (χ0v) is 25.6. The number of hydrogen-bond acceptors (Lipinski definition) is 1. The van der Waals surface area contributed by atoms with E-state index in [1.165, 1.54) is 65.5 Å². The third-order valence-electron chi connectivity index (χ3n) is 9.82. The van der Waals surface area contributed by atoms with Crippen LogP contribution in [0, 0.1) is 0 Å². The predicted molar refractivity (Wildman–Crippen MR) is 200 cm³/mol. The Kier molecular flexibility index (Phi) is 5.64. The minimum atomic E-state index is 0.910. The molecule has 0 spiro atoms. The molecule has 9 aromatic carbocycles. The summed E-state index contributed by atoms with van der Waals surface area (Å²) < 4.78 is 6.64. The van der Waals surface area contributed by atoms with E-state index in [0.717, 1.165) is 32.9 Å². The number of hydrogen-bond donors (Lipinski definition) is 0. The van der Waals surface area contributed by atoms with E-state index in [1.54, 1.807) is 0 Å². The maximum atomic E-state index is 6.64. The molecule has 0 amide bonds. The molecule has 0 unspecified atom stereocenters. The minimum absolute atomic E-state index is 0.910. The van der Waals surface area contributed by atoms with Crippen molar-refractivity contribution in [3.05, 3.63) is 170 Å². The molecule has 1 aromatic heterocycles. The Labute approximate surface area is 271 Å². The van der Waals surface area contributed by atoms with Gasteiger partial charge in [-0.2, -0.15) is 0 Å². The standard InChI is InChI=1S/C46H28O/c1-2-12-29(13-3-1)42-27-33(26-31-15-5-6-16-34(31)42)45-39-20-10-8-18-37(39)44(38-19-9-11-21-40(38)45)32-23-24-36-41-25-22-30-14-4-7-17-35(30)46(41)47-43(36)28-32/h1-28H. The summed E-state index contributed by atoms with van der Waals surface area (Å²) in [7, 11) is 0. The molecule has 1 heterocycles. The van der Waals surface area contributed by atoms with Crippen molar-refractivity contribution in [3.8, 4) is 33.4 Å². The van der Waals surface area contributed by atoms with Crippen LogP contribution >= 0.6 is 0 Å². The molecule has 1 heteroatoms. The maximum absolute atomic E-state index is 6.64. The lowest BCUT2D eigenvalue weighted by Gasteiger charge is -2.19. The van der Waals surface area contributed by atoms with Gasteiger partial charge in [0.25, 0.3) is 0 Å². The van der Waals surface area contributed by atoms with Crippen LogP contribution in [0.15, 0.2) is 174 Å². The second kappa shape index (κ2) is 10.2. The predicted octanol–water partition coefficient (Wildman–Crippen LogP) is 13.2. The van der Waals surface area contributed by atoms with E-state index in [-0.39, 0.29) is 0 Å². The smallest absolute Gasteiger partial charge is 0.143 e. The summed E-state index contributed by atoms with van der Waals surface area (Å²) in [6, 6.07) is 61.6. The van der Waals surface area contributed by atoms with Gasteiger partial charge in [-0.05, 0) is 101 Å². The van der Waals surface area contributed by atoms with Crippen LogP contribution in [0.3, 0.4) is 0 Å². The molecule has 0 N–H and O–H groups in total.